The van der Waals surface area contributed by atoms with Crippen molar-refractivity contribution < 1.29 is 17.9 Å². The molecule has 0 spiro atoms. The topological polar surface area (TPSA) is 9.23 Å². The smallest absolute Gasteiger partial charge is 0.201 e. The third-order valence-electron chi connectivity index (χ3n) is 5.86. The van der Waals surface area contributed by atoms with Crippen LogP contribution in [0.15, 0.2) is 60.7 Å². The third-order valence-corrected chi connectivity index (χ3v) is 5.86. The highest BCUT2D eigenvalue weighted by atomic mass is 19.2. The number of rotatable bonds is 5. The number of benzene rings is 3. The van der Waals surface area contributed by atoms with Crippen molar-refractivity contribution in [3.63, 3.8) is 0 Å². The Labute approximate surface area is 181 Å². The summed E-state index contributed by atoms with van der Waals surface area (Å²) in [6.07, 6.45) is 5.11. The lowest BCUT2D eigenvalue weighted by atomic mass is 9.87. The van der Waals surface area contributed by atoms with E-state index in [1.807, 2.05) is 12.1 Å². The van der Waals surface area contributed by atoms with Crippen LogP contribution in [-0.4, -0.2) is 6.61 Å². The van der Waals surface area contributed by atoms with Gasteiger partial charge in [-0.3, -0.25) is 0 Å². The van der Waals surface area contributed by atoms with Crippen LogP contribution in [0.5, 0.6) is 5.75 Å². The molecule has 4 heteroatoms. The van der Waals surface area contributed by atoms with E-state index in [2.05, 4.69) is 13.0 Å². The van der Waals surface area contributed by atoms with Crippen molar-refractivity contribution in [3.05, 3.63) is 83.7 Å². The second-order valence-corrected chi connectivity index (χ2v) is 8.05. The molecule has 0 saturated carbocycles. The van der Waals surface area contributed by atoms with Crippen molar-refractivity contribution in [2.75, 3.05) is 6.61 Å². The Kier molecular flexibility index (Phi) is 6.17. The number of hydrogen-bond acceptors (Lipinski definition) is 1. The average molecular weight is 422 g/mol. The molecule has 0 aromatic heterocycles. The minimum absolute atomic E-state index is 0.0986. The zero-order valence-corrected chi connectivity index (χ0v) is 17.7. The molecule has 1 aliphatic carbocycles. The van der Waals surface area contributed by atoms with E-state index in [0.29, 0.717) is 17.0 Å². The highest BCUT2D eigenvalue weighted by molar-refractivity contribution is 5.74. The lowest BCUT2D eigenvalue weighted by molar-refractivity contribution is 0.314. The zero-order chi connectivity index (χ0) is 22.0. The van der Waals surface area contributed by atoms with Gasteiger partial charge < -0.3 is 4.74 Å². The molecule has 0 fully saturated rings. The highest BCUT2D eigenvalue weighted by Gasteiger charge is 2.17. The van der Waals surface area contributed by atoms with Crippen LogP contribution in [0.1, 0.15) is 38.7 Å². The molecule has 160 valence electrons. The fourth-order valence-corrected chi connectivity index (χ4v) is 4.03. The van der Waals surface area contributed by atoms with Crippen molar-refractivity contribution in [2.24, 2.45) is 5.92 Å². The van der Waals surface area contributed by atoms with Crippen LogP contribution in [0.25, 0.3) is 27.8 Å². The Hall–Kier alpha value is -3.01. The van der Waals surface area contributed by atoms with Gasteiger partial charge in [0.05, 0.1) is 6.61 Å². The number of allylic oxidation sites excluding steroid dienone is 2. The average Bonchev–Trinajstić information content (AvgIpc) is 2.78. The van der Waals surface area contributed by atoms with E-state index in [1.54, 1.807) is 37.3 Å². The first-order chi connectivity index (χ1) is 15.0. The maximum absolute atomic E-state index is 14.8. The third kappa shape index (κ3) is 4.39. The van der Waals surface area contributed by atoms with Gasteiger partial charge in [-0.05, 0) is 72.6 Å². The SMILES string of the molecule is CCOc1ccc(-c2ccc(-c3ccc(C4=CCC(C)CC4)c(F)c3)cc2)c(F)c1F. The first-order valence-electron chi connectivity index (χ1n) is 10.7. The summed E-state index contributed by atoms with van der Waals surface area (Å²) in [5, 5.41) is 0. The first kappa shape index (κ1) is 21.2. The summed E-state index contributed by atoms with van der Waals surface area (Å²) >= 11 is 0. The van der Waals surface area contributed by atoms with Crippen LogP contribution >= 0.6 is 0 Å². The molecule has 4 rings (SSSR count). The van der Waals surface area contributed by atoms with Crippen LogP contribution in [0, 0.1) is 23.4 Å². The van der Waals surface area contributed by atoms with Gasteiger partial charge in [0, 0.05) is 11.1 Å². The molecule has 1 aliphatic rings. The largest absolute Gasteiger partial charge is 0.491 e. The second-order valence-electron chi connectivity index (χ2n) is 8.05. The molecule has 0 saturated heterocycles. The van der Waals surface area contributed by atoms with E-state index in [4.69, 9.17) is 4.74 Å². The molecular formula is C27H25F3O. The predicted molar refractivity (Wildman–Crippen MR) is 119 cm³/mol. The van der Waals surface area contributed by atoms with E-state index < -0.39 is 11.6 Å². The van der Waals surface area contributed by atoms with Crippen molar-refractivity contribution in [2.45, 2.75) is 33.1 Å². The van der Waals surface area contributed by atoms with Crippen molar-refractivity contribution in [1.29, 1.82) is 0 Å². The highest BCUT2D eigenvalue weighted by Crippen LogP contribution is 2.34. The van der Waals surface area contributed by atoms with Gasteiger partial charge >= 0.3 is 0 Å². The van der Waals surface area contributed by atoms with E-state index in [0.717, 1.165) is 36.0 Å². The Morgan fingerprint density at radius 3 is 2.16 bits per heavy atom. The normalized spacial score (nSPS) is 16.2. The van der Waals surface area contributed by atoms with Crippen molar-refractivity contribution >= 4 is 5.57 Å². The first-order valence-corrected chi connectivity index (χ1v) is 10.7. The summed E-state index contributed by atoms with van der Waals surface area (Å²) in [5.41, 5.74) is 4.00. The molecule has 1 atom stereocenters. The van der Waals surface area contributed by atoms with Gasteiger partial charge in [0.1, 0.15) is 5.82 Å². The second kappa shape index (κ2) is 9.01. The predicted octanol–water partition coefficient (Wildman–Crippen LogP) is 8.04. The van der Waals surface area contributed by atoms with Crippen LogP contribution < -0.4 is 4.74 Å². The number of hydrogen-bond donors (Lipinski definition) is 0. The Morgan fingerprint density at radius 1 is 0.839 bits per heavy atom. The van der Waals surface area contributed by atoms with Gasteiger partial charge in [0.25, 0.3) is 0 Å². The summed E-state index contributed by atoms with van der Waals surface area (Å²) in [6, 6.07) is 15.2. The van der Waals surface area contributed by atoms with E-state index in [1.165, 1.54) is 12.1 Å². The fraction of sp³-hybridized carbons (Fsp3) is 0.259. The molecule has 1 unspecified atom stereocenters. The standard InChI is InChI=1S/C27H25F3O/c1-3-31-25-15-14-23(26(29)27(25)30)20-10-8-18(9-11-20)21-12-13-22(24(28)16-21)19-6-4-17(2)5-7-19/h6,8-17H,3-5,7H2,1-2H3. The lowest BCUT2D eigenvalue weighted by Crippen LogP contribution is -2.02. The Balaban J connectivity index is 1.59. The summed E-state index contributed by atoms with van der Waals surface area (Å²) in [5.74, 6) is -1.62. The van der Waals surface area contributed by atoms with E-state index in [-0.39, 0.29) is 23.7 Å². The van der Waals surface area contributed by atoms with Gasteiger partial charge in [-0.1, -0.05) is 49.4 Å². The molecule has 3 aromatic rings. The fourth-order valence-electron chi connectivity index (χ4n) is 4.03. The molecular weight excluding hydrogens is 397 g/mol. The number of halogens is 3. The lowest BCUT2D eigenvalue weighted by Gasteiger charge is -2.19. The molecule has 0 aliphatic heterocycles. The molecule has 0 amide bonds. The van der Waals surface area contributed by atoms with Crippen LogP contribution in [0.2, 0.25) is 0 Å². The minimum atomic E-state index is -0.993. The monoisotopic (exact) mass is 422 g/mol. The van der Waals surface area contributed by atoms with E-state index >= 15 is 0 Å². The molecule has 0 heterocycles. The molecule has 1 nitrogen and oxygen atoms in total. The number of ether oxygens (including phenoxy) is 1. The van der Waals surface area contributed by atoms with Crippen molar-refractivity contribution in [3.8, 4) is 28.0 Å². The minimum Gasteiger partial charge on any atom is -0.491 e. The summed E-state index contributed by atoms with van der Waals surface area (Å²) in [7, 11) is 0. The molecule has 3 aromatic carbocycles. The van der Waals surface area contributed by atoms with E-state index in [9.17, 15) is 13.2 Å². The summed E-state index contributed by atoms with van der Waals surface area (Å²) in [4.78, 5) is 0. The summed E-state index contributed by atoms with van der Waals surface area (Å²) in [6.45, 7) is 4.19. The van der Waals surface area contributed by atoms with Gasteiger partial charge in [0.2, 0.25) is 5.82 Å². The summed E-state index contributed by atoms with van der Waals surface area (Å²) < 4.78 is 48.6. The molecule has 0 N–H and O–H groups in total. The van der Waals surface area contributed by atoms with Gasteiger partial charge in [-0.2, -0.15) is 4.39 Å². The maximum Gasteiger partial charge on any atom is 0.201 e. The molecule has 31 heavy (non-hydrogen) atoms. The van der Waals surface area contributed by atoms with Crippen LogP contribution in [0.3, 0.4) is 0 Å². The van der Waals surface area contributed by atoms with Crippen LogP contribution in [-0.2, 0) is 0 Å². The Morgan fingerprint density at radius 2 is 1.52 bits per heavy atom. The Bertz CT molecular complexity index is 1120. The van der Waals surface area contributed by atoms with Gasteiger partial charge in [-0.15, -0.1) is 0 Å². The van der Waals surface area contributed by atoms with Gasteiger partial charge in [0.15, 0.2) is 11.6 Å². The van der Waals surface area contributed by atoms with Crippen LogP contribution in [0.4, 0.5) is 13.2 Å². The maximum atomic E-state index is 14.8. The quantitative estimate of drug-likeness (QED) is 0.404. The van der Waals surface area contributed by atoms with Gasteiger partial charge in [-0.25, -0.2) is 8.78 Å². The zero-order valence-electron chi connectivity index (χ0n) is 17.7. The van der Waals surface area contributed by atoms with Crippen molar-refractivity contribution in [1.82, 2.24) is 0 Å². The molecule has 0 bridgehead atoms. The molecule has 0 radical (unpaired) electrons.